The van der Waals surface area contributed by atoms with Crippen LogP contribution < -0.4 is 15.5 Å². The molecule has 0 aliphatic heterocycles. The number of rotatable bonds is 4. The van der Waals surface area contributed by atoms with Crippen molar-refractivity contribution in [2.45, 2.75) is 6.92 Å². The van der Waals surface area contributed by atoms with Gasteiger partial charge in [-0.15, -0.1) is 0 Å². The van der Waals surface area contributed by atoms with Crippen LogP contribution in [-0.2, 0) is 9.59 Å². The lowest BCUT2D eigenvalue weighted by molar-refractivity contribution is -0.136. The maximum Gasteiger partial charge on any atom is 0.329 e. The van der Waals surface area contributed by atoms with Crippen LogP contribution in [0.5, 0.6) is 5.75 Å². The number of ether oxygens (including phenoxy) is 1. The summed E-state index contributed by atoms with van der Waals surface area (Å²) < 4.78 is 5.01. The Morgan fingerprint density at radius 3 is 2.26 bits per heavy atom. The van der Waals surface area contributed by atoms with Gasteiger partial charge in [0.2, 0.25) is 0 Å². The van der Waals surface area contributed by atoms with Crippen molar-refractivity contribution < 1.29 is 14.3 Å². The van der Waals surface area contributed by atoms with Crippen molar-refractivity contribution in [2.75, 3.05) is 12.4 Å². The Bertz CT molecular complexity index is 707. The molecule has 0 atom stereocenters. The molecule has 0 spiro atoms. The second-order valence-electron chi connectivity index (χ2n) is 4.79. The monoisotopic (exact) mass is 311 g/mol. The lowest BCUT2D eigenvalue weighted by atomic mass is 10.2. The average Bonchev–Trinajstić information content (AvgIpc) is 2.57. The number of nitrogens with zero attached hydrogens (tertiary/aromatic N) is 1. The summed E-state index contributed by atoms with van der Waals surface area (Å²) in [5, 5.41) is 6.22. The second kappa shape index (κ2) is 7.74. The first-order valence-corrected chi connectivity index (χ1v) is 6.93. The van der Waals surface area contributed by atoms with Crippen molar-refractivity contribution in [3.8, 4) is 5.75 Å². The Morgan fingerprint density at radius 2 is 1.65 bits per heavy atom. The van der Waals surface area contributed by atoms with Gasteiger partial charge in [0.15, 0.2) is 0 Å². The lowest BCUT2D eigenvalue weighted by Gasteiger charge is -2.05. The van der Waals surface area contributed by atoms with Crippen molar-refractivity contribution in [3.05, 3.63) is 59.7 Å². The fraction of sp³-hybridized carbons (Fsp3) is 0.118. The van der Waals surface area contributed by atoms with Gasteiger partial charge in [0.25, 0.3) is 0 Å². The van der Waals surface area contributed by atoms with E-state index in [0.717, 1.165) is 11.1 Å². The molecule has 118 valence electrons. The molecule has 23 heavy (non-hydrogen) atoms. The molecule has 0 radical (unpaired) electrons. The van der Waals surface area contributed by atoms with Crippen molar-refractivity contribution in [2.24, 2.45) is 5.10 Å². The number of benzene rings is 2. The zero-order valence-electron chi connectivity index (χ0n) is 12.9. The molecule has 2 aromatic carbocycles. The van der Waals surface area contributed by atoms with Crippen LogP contribution in [0, 0.1) is 6.92 Å². The van der Waals surface area contributed by atoms with E-state index in [1.807, 2.05) is 31.2 Å². The number of hydrogen-bond donors (Lipinski definition) is 2. The number of anilines is 1. The van der Waals surface area contributed by atoms with E-state index in [1.54, 1.807) is 31.4 Å². The summed E-state index contributed by atoms with van der Waals surface area (Å²) >= 11 is 0. The van der Waals surface area contributed by atoms with Gasteiger partial charge in [0, 0.05) is 5.69 Å². The summed E-state index contributed by atoms with van der Waals surface area (Å²) in [6.45, 7) is 1.98. The van der Waals surface area contributed by atoms with Crippen LogP contribution in [0.1, 0.15) is 11.1 Å². The van der Waals surface area contributed by atoms with Gasteiger partial charge in [-0.25, -0.2) is 5.43 Å². The summed E-state index contributed by atoms with van der Waals surface area (Å²) in [6, 6.07) is 14.2. The summed E-state index contributed by atoms with van der Waals surface area (Å²) in [5.74, 6) is -0.976. The molecular formula is C17H17N3O3. The minimum atomic E-state index is -0.843. The maximum absolute atomic E-state index is 11.7. The van der Waals surface area contributed by atoms with E-state index in [2.05, 4.69) is 15.8 Å². The predicted octanol–water partition coefficient (Wildman–Crippen LogP) is 2.09. The zero-order valence-corrected chi connectivity index (χ0v) is 12.9. The highest BCUT2D eigenvalue weighted by atomic mass is 16.5. The van der Waals surface area contributed by atoms with Crippen molar-refractivity contribution in [1.82, 2.24) is 5.43 Å². The quantitative estimate of drug-likeness (QED) is 0.515. The molecule has 0 aliphatic rings. The third kappa shape index (κ3) is 4.96. The predicted molar refractivity (Wildman–Crippen MR) is 88.5 cm³/mol. The molecule has 0 unspecified atom stereocenters. The molecule has 2 amide bonds. The Morgan fingerprint density at radius 1 is 1.00 bits per heavy atom. The topological polar surface area (TPSA) is 79.8 Å². The smallest absolute Gasteiger partial charge is 0.329 e. The second-order valence-corrected chi connectivity index (χ2v) is 4.79. The normalized spacial score (nSPS) is 10.3. The minimum absolute atomic E-state index is 0.494. The minimum Gasteiger partial charge on any atom is -0.497 e. The number of nitrogens with one attached hydrogen (secondary N) is 2. The highest BCUT2D eigenvalue weighted by Crippen LogP contribution is 2.14. The lowest BCUT2D eigenvalue weighted by Crippen LogP contribution is -2.32. The number of hydrogen-bond acceptors (Lipinski definition) is 4. The molecule has 0 heterocycles. The van der Waals surface area contributed by atoms with Gasteiger partial charge < -0.3 is 10.1 Å². The van der Waals surface area contributed by atoms with Gasteiger partial charge in [-0.1, -0.05) is 29.8 Å². The SMILES string of the molecule is COc1ccc(NC(=O)C(=O)N/N=C\c2ccc(C)cc2)cc1. The molecule has 0 saturated carbocycles. The van der Waals surface area contributed by atoms with Gasteiger partial charge in [-0.05, 0) is 36.8 Å². The standard InChI is InChI=1S/C17H17N3O3/c1-12-3-5-13(6-4-12)11-18-20-17(22)16(21)19-14-7-9-15(23-2)10-8-14/h3-11H,1-2H3,(H,19,21)(H,20,22)/b18-11-. The number of carbonyl (C=O) groups is 2. The van der Waals surface area contributed by atoms with E-state index in [4.69, 9.17) is 4.74 Å². The maximum atomic E-state index is 11.7. The molecule has 2 N–H and O–H groups in total. The van der Waals surface area contributed by atoms with Crippen LogP contribution >= 0.6 is 0 Å². The molecule has 0 saturated heterocycles. The molecule has 2 rings (SSSR count). The molecule has 0 aromatic heterocycles. The summed E-state index contributed by atoms with van der Waals surface area (Å²) in [4.78, 5) is 23.4. The average molecular weight is 311 g/mol. The van der Waals surface area contributed by atoms with Gasteiger partial charge in [0.05, 0.1) is 13.3 Å². The molecule has 6 nitrogen and oxygen atoms in total. The molecule has 0 fully saturated rings. The van der Waals surface area contributed by atoms with E-state index in [9.17, 15) is 9.59 Å². The first kappa shape index (κ1) is 16.2. The van der Waals surface area contributed by atoms with Crippen molar-refractivity contribution in [1.29, 1.82) is 0 Å². The van der Waals surface area contributed by atoms with Crippen LogP contribution in [0.25, 0.3) is 0 Å². The van der Waals surface area contributed by atoms with E-state index in [1.165, 1.54) is 6.21 Å². The van der Waals surface area contributed by atoms with E-state index >= 15 is 0 Å². The number of amides is 2. The van der Waals surface area contributed by atoms with Crippen molar-refractivity contribution in [3.63, 3.8) is 0 Å². The Balaban J connectivity index is 1.86. The Labute approximate surface area is 134 Å². The third-order valence-corrected chi connectivity index (χ3v) is 3.01. The molecule has 0 bridgehead atoms. The van der Waals surface area contributed by atoms with Gasteiger partial charge in [-0.3, -0.25) is 9.59 Å². The summed E-state index contributed by atoms with van der Waals surface area (Å²) in [5.41, 5.74) is 4.63. The molecule has 6 heteroatoms. The fourth-order valence-corrected chi connectivity index (χ4v) is 1.73. The van der Waals surface area contributed by atoms with Crippen LogP contribution in [0.4, 0.5) is 5.69 Å². The summed E-state index contributed by atoms with van der Waals surface area (Å²) in [7, 11) is 1.55. The Hall–Kier alpha value is -3.15. The first-order chi connectivity index (χ1) is 11.1. The first-order valence-electron chi connectivity index (χ1n) is 6.93. The zero-order chi connectivity index (χ0) is 16.7. The number of carbonyl (C=O) groups excluding carboxylic acids is 2. The van der Waals surface area contributed by atoms with Crippen LogP contribution in [0.2, 0.25) is 0 Å². The fourth-order valence-electron chi connectivity index (χ4n) is 1.73. The summed E-state index contributed by atoms with van der Waals surface area (Å²) in [6.07, 6.45) is 1.47. The third-order valence-electron chi connectivity index (χ3n) is 3.01. The number of hydrazone groups is 1. The Kier molecular flexibility index (Phi) is 5.46. The van der Waals surface area contributed by atoms with Crippen molar-refractivity contribution >= 4 is 23.7 Å². The molecule has 2 aromatic rings. The molecular weight excluding hydrogens is 294 g/mol. The van der Waals surface area contributed by atoms with E-state index < -0.39 is 11.8 Å². The van der Waals surface area contributed by atoms with Crippen LogP contribution in [0.3, 0.4) is 0 Å². The highest BCUT2D eigenvalue weighted by Gasteiger charge is 2.12. The van der Waals surface area contributed by atoms with Crippen LogP contribution in [0.15, 0.2) is 53.6 Å². The van der Waals surface area contributed by atoms with Crippen LogP contribution in [-0.4, -0.2) is 25.1 Å². The van der Waals surface area contributed by atoms with E-state index in [-0.39, 0.29) is 0 Å². The highest BCUT2D eigenvalue weighted by molar-refractivity contribution is 6.39. The molecule has 0 aliphatic carbocycles. The van der Waals surface area contributed by atoms with E-state index in [0.29, 0.717) is 11.4 Å². The van der Waals surface area contributed by atoms with Gasteiger partial charge in [0.1, 0.15) is 5.75 Å². The van der Waals surface area contributed by atoms with Gasteiger partial charge in [-0.2, -0.15) is 5.10 Å². The van der Waals surface area contributed by atoms with Gasteiger partial charge >= 0.3 is 11.8 Å². The number of aryl methyl sites for hydroxylation is 1. The number of methoxy groups -OCH3 is 1. The largest absolute Gasteiger partial charge is 0.497 e.